The molecule has 2 aromatic rings. The molecule has 0 atom stereocenters. The van der Waals surface area contributed by atoms with Crippen LogP contribution >= 0.6 is 0 Å². The number of rotatable bonds is 4. The van der Waals surface area contributed by atoms with Gasteiger partial charge in [0.05, 0.1) is 6.61 Å². The van der Waals surface area contributed by atoms with Gasteiger partial charge in [-0.05, 0) is 31.1 Å². The van der Waals surface area contributed by atoms with Crippen molar-refractivity contribution in [2.24, 2.45) is 0 Å². The average Bonchev–Trinajstić information content (AvgIpc) is 2.48. The molecule has 20 heavy (non-hydrogen) atoms. The molecular weight excluding hydrogens is 252 g/mol. The van der Waals surface area contributed by atoms with Crippen LogP contribution in [0.5, 0.6) is 0 Å². The zero-order chi connectivity index (χ0) is 14.4. The minimum Gasteiger partial charge on any atom is -0.463 e. The molecule has 4 heteroatoms. The van der Waals surface area contributed by atoms with Crippen molar-refractivity contribution >= 4 is 11.5 Å². The predicted octanol–water partition coefficient (Wildman–Crippen LogP) is 3.11. The molecule has 102 valence electrons. The molecule has 0 bridgehead atoms. The number of aromatic nitrogens is 2. The summed E-state index contributed by atoms with van der Waals surface area (Å²) in [6.07, 6.45) is 4.92. The van der Waals surface area contributed by atoms with E-state index < -0.39 is 0 Å². The molecule has 0 aliphatic rings. The molecule has 0 fully saturated rings. The highest BCUT2D eigenvalue weighted by Gasteiger charge is 2.03. The Hall–Kier alpha value is -2.49. The van der Waals surface area contributed by atoms with Crippen molar-refractivity contribution in [3.05, 3.63) is 54.4 Å². The van der Waals surface area contributed by atoms with Crippen molar-refractivity contribution < 1.29 is 9.53 Å². The smallest absolute Gasteiger partial charge is 0.331 e. The maximum atomic E-state index is 11.4. The highest BCUT2D eigenvalue weighted by molar-refractivity contribution is 5.91. The summed E-state index contributed by atoms with van der Waals surface area (Å²) in [5.41, 5.74) is 2.78. The summed E-state index contributed by atoms with van der Waals surface area (Å²) >= 11 is 0. The first-order valence-electron chi connectivity index (χ1n) is 6.43. The van der Waals surface area contributed by atoms with E-state index in [1.165, 1.54) is 6.08 Å². The van der Waals surface area contributed by atoms with Crippen molar-refractivity contribution in [3.63, 3.8) is 0 Å². The number of allylic oxidation sites excluding steroid dienone is 1. The fraction of sp³-hybridized carbons (Fsp3) is 0.188. The molecule has 2 rings (SSSR count). The molecule has 1 aromatic carbocycles. The number of carbonyl (C=O) groups is 1. The van der Waals surface area contributed by atoms with Crippen LogP contribution in [0.4, 0.5) is 0 Å². The predicted molar refractivity (Wildman–Crippen MR) is 77.8 cm³/mol. The van der Waals surface area contributed by atoms with Gasteiger partial charge < -0.3 is 4.74 Å². The first kappa shape index (κ1) is 13.9. The zero-order valence-corrected chi connectivity index (χ0v) is 11.5. The largest absolute Gasteiger partial charge is 0.463 e. The van der Waals surface area contributed by atoms with Gasteiger partial charge in [0.2, 0.25) is 0 Å². The maximum Gasteiger partial charge on any atom is 0.331 e. The Kier molecular flexibility index (Phi) is 4.60. The lowest BCUT2D eigenvalue weighted by Gasteiger charge is -2.04. The number of hydrogen-bond acceptors (Lipinski definition) is 4. The van der Waals surface area contributed by atoms with E-state index in [1.54, 1.807) is 25.4 Å². The SMILES string of the molecule is CCOC(=O)/C=C(\C)c1ccc(-c2ncccn2)cc1. The van der Waals surface area contributed by atoms with Crippen molar-refractivity contribution in [3.8, 4) is 11.4 Å². The van der Waals surface area contributed by atoms with Crippen LogP contribution in [-0.4, -0.2) is 22.5 Å². The average molecular weight is 268 g/mol. The van der Waals surface area contributed by atoms with E-state index in [0.717, 1.165) is 16.7 Å². The standard InChI is InChI=1S/C16H16N2O2/c1-3-20-15(19)11-12(2)13-5-7-14(8-6-13)16-17-9-4-10-18-16/h4-11H,3H2,1-2H3/b12-11+. The zero-order valence-electron chi connectivity index (χ0n) is 11.5. The summed E-state index contributed by atoms with van der Waals surface area (Å²) in [5.74, 6) is 0.367. The van der Waals surface area contributed by atoms with Crippen molar-refractivity contribution in [1.82, 2.24) is 9.97 Å². The number of benzene rings is 1. The van der Waals surface area contributed by atoms with Crippen LogP contribution in [0.1, 0.15) is 19.4 Å². The second-order valence-electron chi connectivity index (χ2n) is 4.23. The van der Waals surface area contributed by atoms with Gasteiger partial charge in [-0.15, -0.1) is 0 Å². The molecular formula is C16H16N2O2. The molecule has 0 spiro atoms. The molecule has 1 aromatic heterocycles. The highest BCUT2D eigenvalue weighted by Crippen LogP contribution is 2.19. The lowest BCUT2D eigenvalue weighted by Crippen LogP contribution is -2.00. The van der Waals surface area contributed by atoms with Crippen molar-refractivity contribution in [1.29, 1.82) is 0 Å². The summed E-state index contributed by atoms with van der Waals surface area (Å²) in [4.78, 5) is 19.8. The van der Waals surface area contributed by atoms with Gasteiger partial charge in [-0.25, -0.2) is 14.8 Å². The molecule has 0 amide bonds. The van der Waals surface area contributed by atoms with Crippen LogP contribution in [-0.2, 0) is 9.53 Å². The molecule has 0 saturated heterocycles. The Morgan fingerprint density at radius 3 is 2.45 bits per heavy atom. The van der Waals surface area contributed by atoms with E-state index in [0.29, 0.717) is 12.4 Å². The Balaban J connectivity index is 2.18. The van der Waals surface area contributed by atoms with Crippen LogP contribution in [0.3, 0.4) is 0 Å². The molecule has 0 aliphatic carbocycles. The third-order valence-electron chi connectivity index (χ3n) is 2.79. The van der Waals surface area contributed by atoms with Crippen LogP contribution in [0.15, 0.2) is 48.8 Å². The number of esters is 1. The van der Waals surface area contributed by atoms with Gasteiger partial charge in [0.15, 0.2) is 5.82 Å². The highest BCUT2D eigenvalue weighted by atomic mass is 16.5. The Bertz CT molecular complexity index is 604. The van der Waals surface area contributed by atoms with E-state index in [2.05, 4.69) is 9.97 Å². The van der Waals surface area contributed by atoms with E-state index in [4.69, 9.17) is 4.74 Å². The second kappa shape index (κ2) is 6.61. The summed E-state index contributed by atoms with van der Waals surface area (Å²) in [7, 11) is 0. The first-order valence-corrected chi connectivity index (χ1v) is 6.43. The van der Waals surface area contributed by atoms with Gasteiger partial charge in [-0.2, -0.15) is 0 Å². The summed E-state index contributed by atoms with van der Waals surface area (Å²) in [6.45, 7) is 4.05. The van der Waals surface area contributed by atoms with E-state index in [-0.39, 0.29) is 5.97 Å². The van der Waals surface area contributed by atoms with Gasteiger partial charge in [-0.1, -0.05) is 24.3 Å². The van der Waals surface area contributed by atoms with Gasteiger partial charge in [0.1, 0.15) is 0 Å². The third kappa shape index (κ3) is 3.51. The topological polar surface area (TPSA) is 52.1 Å². The van der Waals surface area contributed by atoms with Gasteiger partial charge in [0, 0.05) is 24.0 Å². The lowest BCUT2D eigenvalue weighted by atomic mass is 10.0. The number of hydrogen-bond donors (Lipinski definition) is 0. The molecule has 0 radical (unpaired) electrons. The van der Waals surface area contributed by atoms with Gasteiger partial charge >= 0.3 is 5.97 Å². The van der Waals surface area contributed by atoms with Crippen molar-refractivity contribution in [2.75, 3.05) is 6.61 Å². The van der Waals surface area contributed by atoms with Crippen LogP contribution in [0.2, 0.25) is 0 Å². The molecule has 0 aliphatic heterocycles. The van der Waals surface area contributed by atoms with Crippen LogP contribution in [0, 0.1) is 0 Å². The fourth-order valence-corrected chi connectivity index (χ4v) is 1.77. The van der Waals surface area contributed by atoms with E-state index in [9.17, 15) is 4.79 Å². The number of nitrogens with zero attached hydrogens (tertiary/aromatic N) is 2. The summed E-state index contributed by atoms with van der Waals surface area (Å²) < 4.78 is 4.89. The Morgan fingerprint density at radius 2 is 1.85 bits per heavy atom. The van der Waals surface area contributed by atoms with Crippen LogP contribution in [0.25, 0.3) is 17.0 Å². The van der Waals surface area contributed by atoms with Gasteiger partial charge in [-0.3, -0.25) is 0 Å². The quantitative estimate of drug-likeness (QED) is 0.631. The normalized spacial score (nSPS) is 11.2. The third-order valence-corrected chi connectivity index (χ3v) is 2.79. The molecule has 1 heterocycles. The first-order chi connectivity index (χ1) is 9.70. The molecule has 0 saturated carbocycles. The molecule has 4 nitrogen and oxygen atoms in total. The summed E-state index contributed by atoms with van der Waals surface area (Å²) in [6, 6.07) is 9.54. The number of ether oxygens (including phenoxy) is 1. The minimum atomic E-state index is -0.319. The summed E-state index contributed by atoms with van der Waals surface area (Å²) in [5, 5.41) is 0. The molecule has 0 unspecified atom stereocenters. The maximum absolute atomic E-state index is 11.4. The fourth-order valence-electron chi connectivity index (χ4n) is 1.77. The minimum absolute atomic E-state index is 0.319. The number of carbonyl (C=O) groups excluding carboxylic acids is 1. The van der Waals surface area contributed by atoms with E-state index >= 15 is 0 Å². The molecule has 0 N–H and O–H groups in total. The van der Waals surface area contributed by atoms with E-state index in [1.807, 2.05) is 31.2 Å². The lowest BCUT2D eigenvalue weighted by molar-refractivity contribution is -0.137. The Morgan fingerprint density at radius 1 is 1.20 bits per heavy atom. The Labute approximate surface area is 118 Å². The van der Waals surface area contributed by atoms with Crippen molar-refractivity contribution in [2.45, 2.75) is 13.8 Å². The van der Waals surface area contributed by atoms with Crippen LogP contribution < -0.4 is 0 Å². The monoisotopic (exact) mass is 268 g/mol. The van der Waals surface area contributed by atoms with Gasteiger partial charge in [0.25, 0.3) is 0 Å². The second-order valence-corrected chi connectivity index (χ2v) is 4.23.